The van der Waals surface area contributed by atoms with E-state index in [9.17, 15) is 13.5 Å². The van der Waals surface area contributed by atoms with Crippen molar-refractivity contribution >= 4 is 10.0 Å². The van der Waals surface area contributed by atoms with Crippen molar-refractivity contribution in [1.29, 1.82) is 0 Å². The number of benzene rings is 1. The zero-order chi connectivity index (χ0) is 15.2. The molecule has 2 unspecified atom stereocenters. The first kappa shape index (κ1) is 17.1. The first-order valence-electron chi connectivity index (χ1n) is 7.02. The molecule has 0 radical (unpaired) electrons. The van der Waals surface area contributed by atoms with Gasteiger partial charge in [0.1, 0.15) is 0 Å². The zero-order valence-corrected chi connectivity index (χ0v) is 13.2. The largest absolute Gasteiger partial charge is 0.393 e. The summed E-state index contributed by atoms with van der Waals surface area (Å²) in [6.45, 7) is 6.01. The van der Waals surface area contributed by atoms with E-state index in [1.165, 1.54) is 0 Å². The highest BCUT2D eigenvalue weighted by Crippen LogP contribution is 2.16. The molecule has 0 aliphatic heterocycles. The molecule has 0 saturated carbocycles. The zero-order valence-electron chi connectivity index (χ0n) is 12.4. The van der Waals surface area contributed by atoms with Crippen molar-refractivity contribution in [2.45, 2.75) is 39.2 Å². The van der Waals surface area contributed by atoms with Gasteiger partial charge in [0, 0.05) is 6.54 Å². The molecule has 0 spiro atoms. The maximum atomic E-state index is 12.0. The van der Waals surface area contributed by atoms with Gasteiger partial charge < -0.3 is 5.11 Å². The second-order valence-electron chi connectivity index (χ2n) is 5.59. The fourth-order valence-corrected chi connectivity index (χ4v) is 3.36. The Labute approximate surface area is 122 Å². The summed E-state index contributed by atoms with van der Waals surface area (Å²) in [6, 6.07) is 9.59. The SMILES string of the molecule is CC(CS(=O)(=O)NCCC(O)C(C)C)c1ccccc1. The first-order chi connectivity index (χ1) is 9.32. The number of hydrogen-bond donors (Lipinski definition) is 2. The minimum atomic E-state index is -3.31. The van der Waals surface area contributed by atoms with Crippen molar-refractivity contribution in [3.63, 3.8) is 0 Å². The fourth-order valence-electron chi connectivity index (χ4n) is 1.96. The smallest absolute Gasteiger partial charge is 0.212 e. The third kappa shape index (κ3) is 6.03. The van der Waals surface area contributed by atoms with Gasteiger partial charge in [0.2, 0.25) is 10.0 Å². The Balaban J connectivity index is 2.46. The molecule has 5 heteroatoms. The Bertz CT molecular complexity index is 485. The van der Waals surface area contributed by atoms with E-state index in [-0.39, 0.29) is 24.1 Å². The molecule has 0 fully saturated rings. The Morgan fingerprint density at radius 3 is 2.30 bits per heavy atom. The second kappa shape index (κ2) is 7.76. The third-order valence-corrected chi connectivity index (χ3v) is 4.95. The highest BCUT2D eigenvalue weighted by Gasteiger charge is 2.17. The van der Waals surface area contributed by atoms with Crippen molar-refractivity contribution in [1.82, 2.24) is 4.72 Å². The first-order valence-corrected chi connectivity index (χ1v) is 8.67. The molecule has 0 aromatic heterocycles. The van der Waals surface area contributed by atoms with Crippen molar-refractivity contribution in [2.24, 2.45) is 5.92 Å². The highest BCUT2D eigenvalue weighted by molar-refractivity contribution is 7.89. The lowest BCUT2D eigenvalue weighted by molar-refractivity contribution is 0.118. The summed E-state index contributed by atoms with van der Waals surface area (Å²) in [6.07, 6.45) is -0.0272. The fraction of sp³-hybridized carbons (Fsp3) is 0.600. The van der Waals surface area contributed by atoms with E-state index < -0.39 is 16.1 Å². The Morgan fingerprint density at radius 2 is 1.75 bits per heavy atom. The quantitative estimate of drug-likeness (QED) is 0.772. The predicted molar refractivity (Wildman–Crippen MR) is 82.1 cm³/mol. The second-order valence-corrected chi connectivity index (χ2v) is 7.44. The van der Waals surface area contributed by atoms with E-state index in [1.807, 2.05) is 51.1 Å². The Morgan fingerprint density at radius 1 is 1.15 bits per heavy atom. The maximum absolute atomic E-state index is 12.0. The summed E-state index contributed by atoms with van der Waals surface area (Å²) in [4.78, 5) is 0. The van der Waals surface area contributed by atoms with Crippen LogP contribution < -0.4 is 4.72 Å². The molecule has 0 saturated heterocycles. The highest BCUT2D eigenvalue weighted by atomic mass is 32.2. The lowest BCUT2D eigenvalue weighted by atomic mass is 10.0. The topological polar surface area (TPSA) is 66.4 Å². The molecule has 2 atom stereocenters. The van der Waals surface area contributed by atoms with Gasteiger partial charge in [-0.05, 0) is 23.8 Å². The summed E-state index contributed by atoms with van der Waals surface area (Å²) < 4.78 is 26.5. The van der Waals surface area contributed by atoms with Crippen LogP contribution >= 0.6 is 0 Å². The average molecular weight is 299 g/mol. The molecule has 114 valence electrons. The van der Waals surface area contributed by atoms with Gasteiger partial charge in [-0.15, -0.1) is 0 Å². The summed E-state index contributed by atoms with van der Waals surface area (Å²) in [5.41, 5.74) is 1.01. The van der Waals surface area contributed by atoms with Crippen LogP contribution in [0.2, 0.25) is 0 Å². The normalized spacial score (nSPS) is 15.2. The van der Waals surface area contributed by atoms with E-state index in [1.54, 1.807) is 0 Å². The standard InChI is InChI=1S/C15H25NO3S/c1-12(2)15(17)9-10-16-20(18,19)11-13(3)14-7-5-4-6-8-14/h4-8,12-13,15-17H,9-11H2,1-3H3. The lowest BCUT2D eigenvalue weighted by Gasteiger charge is -2.16. The number of hydrogen-bond acceptors (Lipinski definition) is 3. The predicted octanol–water partition coefficient (Wildman–Crippen LogP) is 2.12. The average Bonchev–Trinajstić information content (AvgIpc) is 2.38. The molecular formula is C15H25NO3S. The number of rotatable bonds is 8. The van der Waals surface area contributed by atoms with Crippen molar-refractivity contribution in [2.75, 3.05) is 12.3 Å². The number of sulfonamides is 1. The van der Waals surface area contributed by atoms with Crippen molar-refractivity contribution in [3.8, 4) is 0 Å². The minimum Gasteiger partial charge on any atom is -0.393 e. The van der Waals surface area contributed by atoms with Gasteiger partial charge in [-0.1, -0.05) is 51.1 Å². The van der Waals surface area contributed by atoms with E-state index in [0.29, 0.717) is 6.42 Å². The summed E-state index contributed by atoms with van der Waals surface area (Å²) in [5, 5.41) is 9.65. The molecule has 0 bridgehead atoms. The third-order valence-electron chi connectivity index (χ3n) is 3.37. The molecule has 0 heterocycles. The molecule has 0 amide bonds. The van der Waals surface area contributed by atoms with Gasteiger partial charge >= 0.3 is 0 Å². The van der Waals surface area contributed by atoms with Crippen LogP contribution in [-0.2, 0) is 10.0 Å². The van der Waals surface area contributed by atoms with E-state index in [0.717, 1.165) is 5.56 Å². The maximum Gasteiger partial charge on any atom is 0.212 e. The number of aliphatic hydroxyl groups is 1. The van der Waals surface area contributed by atoms with Crippen molar-refractivity contribution in [3.05, 3.63) is 35.9 Å². The molecule has 4 nitrogen and oxygen atoms in total. The molecule has 20 heavy (non-hydrogen) atoms. The van der Waals surface area contributed by atoms with Crippen LogP contribution in [0.1, 0.15) is 38.7 Å². The van der Waals surface area contributed by atoms with Crippen LogP contribution in [0.3, 0.4) is 0 Å². The molecule has 1 aromatic rings. The van der Waals surface area contributed by atoms with Crippen LogP contribution in [0, 0.1) is 5.92 Å². The van der Waals surface area contributed by atoms with Crippen LogP contribution in [-0.4, -0.2) is 31.9 Å². The summed E-state index contributed by atoms with van der Waals surface area (Å²) >= 11 is 0. The molecule has 1 rings (SSSR count). The molecule has 0 aliphatic carbocycles. The van der Waals surface area contributed by atoms with E-state index >= 15 is 0 Å². The van der Waals surface area contributed by atoms with Gasteiger partial charge in [-0.2, -0.15) is 0 Å². The molecular weight excluding hydrogens is 274 g/mol. The molecule has 1 aromatic carbocycles. The monoisotopic (exact) mass is 299 g/mol. The number of nitrogens with one attached hydrogen (secondary N) is 1. The van der Waals surface area contributed by atoms with Crippen LogP contribution in [0.15, 0.2) is 30.3 Å². The van der Waals surface area contributed by atoms with Crippen LogP contribution in [0.25, 0.3) is 0 Å². The Kier molecular flexibility index (Phi) is 6.65. The van der Waals surface area contributed by atoms with E-state index in [2.05, 4.69) is 4.72 Å². The molecule has 0 aliphatic rings. The molecule has 2 N–H and O–H groups in total. The van der Waals surface area contributed by atoms with Crippen LogP contribution in [0.5, 0.6) is 0 Å². The summed E-state index contributed by atoms with van der Waals surface area (Å²) in [5.74, 6) is 0.154. The van der Waals surface area contributed by atoms with Gasteiger partial charge in [-0.3, -0.25) is 0 Å². The minimum absolute atomic E-state index is 0.0521. The number of aliphatic hydroxyl groups excluding tert-OH is 1. The lowest BCUT2D eigenvalue weighted by Crippen LogP contribution is -2.32. The van der Waals surface area contributed by atoms with Gasteiger partial charge in [0.05, 0.1) is 11.9 Å². The van der Waals surface area contributed by atoms with E-state index in [4.69, 9.17) is 0 Å². The van der Waals surface area contributed by atoms with Crippen LogP contribution in [0.4, 0.5) is 0 Å². The summed E-state index contributed by atoms with van der Waals surface area (Å²) in [7, 11) is -3.31. The van der Waals surface area contributed by atoms with Crippen molar-refractivity contribution < 1.29 is 13.5 Å². The Hall–Kier alpha value is -0.910. The van der Waals surface area contributed by atoms with Gasteiger partial charge in [0.25, 0.3) is 0 Å². The van der Waals surface area contributed by atoms with Gasteiger partial charge in [0.15, 0.2) is 0 Å². The van der Waals surface area contributed by atoms with Gasteiger partial charge in [-0.25, -0.2) is 13.1 Å².